The number of carbonyl (C=O) groups is 1. The zero-order chi connectivity index (χ0) is 18.0. The van der Waals surface area contributed by atoms with E-state index in [9.17, 15) is 9.59 Å². The molecule has 134 valence electrons. The van der Waals surface area contributed by atoms with Gasteiger partial charge in [-0.05, 0) is 37.5 Å². The van der Waals surface area contributed by atoms with Crippen LogP contribution in [0.3, 0.4) is 0 Å². The topological polar surface area (TPSA) is 63.0 Å². The number of fused-ring (bicyclic) bond motifs is 1. The molecule has 6 heteroatoms. The minimum absolute atomic E-state index is 0.251. The van der Waals surface area contributed by atoms with Crippen LogP contribution in [-0.2, 0) is 11.3 Å². The van der Waals surface area contributed by atoms with E-state index >= 15 is 0 Å². The van der Waals surface area contributed by atoms with Crippen LogP contribution in [0.4, 0.5) is 4.79 Å². The van der Waals surface area contributed by atoms with Crippen LogP contribution in [0, 0.1) is 13.8 Å². The third-order valence-electron chi connectivity index (χ3n) is 4.81. The number of amides is 1. The fourth-order valence-electron chi connectivity index (χ4n) is 3.20. The summed E-state index contributed by atoms with van der Waals surface area (Å²) in [6, 6.07) is 5.65. The van der Waals surface area contributed by atoms with Crippen molar-refractivity contribution in [2.45, 2.75) is 27.3 Å². The molecule has 1 aromatic carbocycles. The fraction of sp³-hybridized carbons (Fsp3) is 0.474. The number of aryl methyl sites for hydroxylation is 2. The second-order valence-electron chi connectivity index (χ2n) is 6.44. The summed E-state index contributed by atoms with van der Waals surface area (Å²) in [7, 11) is 0. The van der Waals surface area contributed by atoms with Gasteiger partial charge in [-0.2, -0.15) is 0 Å². The summed E-state index contributed by atoms with van der Waals surface area (Å²) in [6.07, 6.45) is -0.251. The van der Waals surface area contributed by atoms with Crippen molar-refractivity contribution in [3.8, 4) is 0 Å². The third kappa shape index (κ3) is 3.69. The van der Waals surface area contributed by atoms with Crippen molar-refractivity contribution in [3.05, 3.63) is 45.3 Å². The Balaban J connectivity index is 1.77. The molecule has 1 aliphatic heterocycles. The van der Waals surface area contributed by atoms with E-state index < -0.39 is 0 Å². The normalized spacial score (nSPS) is 15.6. The molecule has 0 unspecified atom stereocenters. The molecule has 1 amide bonds. The molecule has 2 heterocycles. The maximum Gasteiger partial charge on any atom is 0.409 e. The summed E-state index contributed by atoms with van der Waals surface area (Å²) >= 11 is 0. The van der Waals surface area contributed by atoms with E-state index in [0.29, 0.717) is 31.8 Å². The van der Waals surface area contributed by atoms with E-state index in [1.807, 2.05) is 26.8 Å². The number of carbonyl (C=O) groups excluding carboxylic acids is 1. The maximum atomic E-state index is 12.0. The van der Waals surface area contributed by atoms with Crippen molar-refractivity contribution in [1.29, 1.82) is 0 Å². The average molecular weight is 344 g/mol. The van der Waals surface area contributed by atoms with Crippen molar-refractivity contribution in [1.82, 2.24) is 9.80 Å². The van der Waals surface area contributed by atoms with Gasteiger partial charge >= 0.3 is 11.7 Å². The first kappa shape index (κ1) is 17.5. The molecule has 0 atom stereocenters. The lowest BCUT2D eigenvalue weighted by Crippen LogP contribution is -2.48. The second kappa shape index (κ2) is 7.27. The largest absolute Gasteiger partial charge is 0.450 e. The van der Waals surface area contributed by atoms with Crippen LogP contribution >= 0.6 is 0 Å². The highest BCUT2D eigenvalue weighted by molar-refractivity contribution is 5.83. The minimum Gasteiger partial charge on any atom is -0.450 e. The average Bonchev–Trinajstić information content (AvgIpc) is 2.59. The van der Waals surface area contributed by atoms with Crippen LogP contribution in [0.2, 0.25) is 0 Å². The lowest BCUT2D eigenvalue weighted by Gasteiger charge is -2.34. The predicted molar refractivity (Wildman–Crippen MR) is 95.8 cm³/mol. The smallest absolute Gasteiger partial charge is 0.409 e. The van der Waals surface area contributed by atoms with E-state index in [-0.39, 0.29) is 11.7 Å². The summed E-state index contributed by atoms with van der Waals surface area (Å²) in [6.45, 7) is 9.64. The summed E-state index contributed by atoms with van der Waals surface area (Å²) < 4.78 is 10.5. The van der Waals surface area contributed by atoms with Crippen molar-refractivity contribution >= 4 is 17.1 Å². The van der Waals surface area contributed by atoms with E-state index in [0.717, 1.165) is 35.2 Å². The molecule has 0 spiro atoms. The van der Waals surface area contributed by atoms with Gasteiger partial charge in [-0.3, -0.25) is 4.90 Å². The van der Waals surface area contributed by atoms with Crippen LogP contribution in [0.25, 0.3) is 11.0 Å². The maximum absolute atomic E-state index is 12.0. The Labute approximate surface area is 147 Å². The zero-order valence-electron chi connectivity index (χ0n) is 15.0. The third-order valence-corrected chi connectivity index (χ3v) is 4.81. The molecule has 25 heavy (non-hydrogen) atoms. The number of rotatable bonds is 3. The molecule has 0 radical (unpaired) electrons. The van der Waals surface area contributed by atoms with Gasteiger partial charge in [0.05, 0.1) is 6.61 Å². The van der Waals surface area contributed by atoms with Crippen LogP contribution in [0.15, 0.2) is 27.4 Å². The van der Waals surface area contributed by atoms with Gasteiger partial charge in [0.25, 0.3) is 0 Å². The highest BCUT2D eigenvalue weighted by Gasteiger charge is 2.22. The Morgan fingerprint density at radius 3 is 2.60 bits per heavy atom. The number of hydrogen-bond donors (Lipinski definition) is 0. The molecule has 0 bridgehead atoms. The standard InChI is InChI=1S/C19H24N2O4/c1-4-24-19(23)21-9-7-20(8-10-21)12-15-11-17(22)25-18-14(3)13(2)5-6-16(15)18/h5-6,11H,4,7-10,12H2,1-3H3. The summed E-state index contributed by atoms with van der Waals surface area (Å²) in [5.41, 5.74) is 3.44. The summed E-state index contributed by atoms with van der Waals surface area (Å²) in [5, 5.41) is 0.982. The Bertz CT molecular complexity index is 835. The van der Waals surface area contributed by atoms with Crippen LogP contribution < -0.4 is 5.63 Å². The van der Waals surface area contributed by atoms with Gasteiger partial charge in [-0.25, -0.2) is 9.59 Å². The van der Waals surface area contributed by atoms with E-state index in [1.54, 1.807) is 11.0 Å². The fourth-order valence-corrected chi connectivity index (χ4v) is 3.20. The molecule has 0 saturated carbocycles. The Kier molecular flexibility index (Phi) is 5.08. The molecule has 2 aromatic rings. The number of hydrogen-bond acceptors (Lipinski definition) is 5. The molecular weight excluding hydrogens is 320 g/mol. The van der Waals surface area contributed by atoms with Crippen molar-refractivity contribution in [3.63, 3.8) is 0 Å². The van der Waals surface area contributed by atoms with Crippen molar-refractivity contribution in [2.75, 3.05) is 32.8 Å². The lowest BCUT2D eigenvalue weighted by atomic mass is 10.0. The van der Waals surface area contributed by atoms with E-state index in [2.05, 4.69) is 11.0 Å². The second-order valence-corrected chi connectivity index (χ2v) is 6.44. The lowest BCUT2D eigenvalue weighted by molar-refractivity contribution is 0.0779. The number of piperazine rings is 1. The zero-order valence-corrected chi connectivity index (χ0v) is 15.0. The summed E-state index contributed by atoms with van der Waals surface area (Å²) in [4.78, 5) is 27.7. The first-order valence-electron chi connectivity index (χ1n) is 8.66. The van der Waals surface area contributed by atoms with Gasteiger partial charge in [-0.15, -0.1) is 0 Å². The first-order chi connectivity index (χ1) is 12.0. The number of nitrogens with zero attached hydrogens (tertiary/aromatic N) is 2. The Morgan fingerprint density at radius 1 is 1.20 bits per heavy atom. The molecule has 1 saturated heterocycles. The predicted octanol–water partition coefficient (Wildman–Crippen LogP) is 2.68. The minimum atomic E-state index is -0.318. The van der Waals surface area contributed by atoms with Crippen molar-refractivity contribution in [2.24, 2.45) is 0 Å². The van der Waals surface area contributed by atoms with Crippen LogP contribution in [-0.4, -0.2) is 48.7 Å². The molecule has 3 rings (SSSR count). The first-order valence-corrected chi connectivity index (χ1v) is 8.66. The Hall–Kier alpha value is -2.34. The van der Waals surface area contributed by atoms with E-state index in [4.69, 9.17) is 9.15 Å². The monoisotopic (exact) mass is 344 g/mol. The van der Waals surface area contributed by atoms with Gasteiger partial charge in [0.1, 0.15) is 5.58 Å². The van der Waals surface area contributed by atoms with Gasteiger partial charge in [0, 0.05) is 44.2 Å². The molecular formula is C19H24N2O4. The van der Waals surface area contributed by atoms with Gasteiger partial charge < -0.3 is 14.1 Å². The van der Waals surface area contributed by atoms with Gasteiger partial charge in [0.15, 0.2) is 0 Å². The molecule has 1 aromatic heterocycles. The summed E-state index contributed by atoms with van der Waals surface area (Å²) in [5.74, 6) is 0. The quantitative estimate of drug-likeness (QED) is 0.801. The van der Waals surface area contributed by atoms with Gasteiger partial charge in [0.2, 0.25) is 0 Å². The van der Waals surface area contributed by atoms with Crippen LogP contribution in [0.5, 0.6) is 0 Å². The van der Waals surface area contributed by atoms with E-state index in [1.165, 1.54) is 0 Å². The Morgan fingerprint density at radius 2 is 1.92 bits per heavy atom. The number of benzene rings is 1. The molecule has 1 fully saturated rings. The highest BCUT2D eigenvalue weighted by atomic mass is 16.6. The molecule has 0 N–H and O–H groups in total. The molecule has 1 aliphatic rings. The molecule has 6 nitrogen and oxygen atoms in total. The van der Waals surface area contributed by atoms with Crippen molar-refractivity contribution < 1.29 is 13.9 Å². The highest BCUT2D eigenvalue weighted by Crippen LogP contribution is 2.24. The molecule has 0 aliphatic carbocycles. The van der Waals surface area contributed by atoms with Crippen LogP contribution in [0.1, 0.15) is 23.6 Å². The SMILES string of the molecule is CCOC(=O)N1CCN(Cc2cc(=O)oc3c(C)c(C)ccc23)CC1. The van der Waals surface area contributed by atoms with Gasteiger partial charge in [-0.1, -0.05) is 12.1 Å². The number of ether oxygens (including phenoxy) is 1.